The van der Waals surface area contributed by atoms with E-state index in [1.54, 1.807) is 0 Å². The van der Waals surface area contributed by atoms with Crippen molar-refractivity contribution in [1.29, 1.82) is 0 Å². The Bertz CT molecular complexity index is 3840. The molecule has 0 unspecified atom stereocenters. The van der Waals surface area contributed by atoms with Crippen LogP contribution in [0.5, 0.6) is 0 Å². The summed E-state index contributed by atoms with van der Waals surface area (Å²) in [6, 6.07) is 88.9. The lowest BCUT2D eigenvalue weighted by Gasteiger charge is -2.36. The number of hydrogen-bond donors (Lipinski definition) is 0. The van der Waals surface area contributed by atoms with Crippen molar-refractivity contribution in [3.05, 3.63) is 276 Å². The first-order chi connectivity index (χ1) is 33.6. The third-order valence-corrected chi connectivity index (χ3v) is 14.1. The van der Waals surface area contributed by atoms with E-state index in [9.17, 15) is 0 Å². The van der Waals surface area contributed by atoms with Crippen molar-refractivity contribution >= 4 is 77.6 Å². The van der Waals surface area contributed by atoms with E-state index in [1.807, 2.05) is 0 Å². The van der Waals surface area contributed by atoms with Crippen LogP contribution in [0.15, 0.2) is 247 Å². The van der Waals surface area contributed by atoms with Crippen LogP contribution in [0.25, 0.3) is 54.6 Å². The Morgan fingerprint density at radius 2 is 0.809 bits per heavy atom. The molecule has 0 radical (unpaired) electrons. The fourth-order valence-corrected chi connectivity index (χ4v) is 11.3. The van der Waals surface area contributed by atoms with Crippen molar-refractivity contribution in [1.82, 2.24) is 0 Å². The maximum Gasteiger partial charge on any atom is 0.145 e. The van der Waals surface area contributed by atoms with E-state index in [0.29, 0.717) is 0 Å². The monoisotopic (exact) mass is 870 g/mol. The summed E-state index contributed by atoms with van der Waals surface area (Å²) in [5.41, 5.74) is 16.9. The highest BCUT2D eigenvalue weighted by Gasteiger charge is 2.49. The van der Waals surface area contributed by atoms with Crippen molar-refractivity contribution < 1.29 is 4.42 Å². The van der Waals surface area contributed by atoms with Crippen LogP contribution < -0.4 is 9.80 Å². The second-order valence-electron chi connectivity index (χ2n) is 18.2. The zero-order valence-electron chi connectivity index (χ0n) is 37.9. The third-order valence-electron chi connectivity index (χ3n) is 14.1. The maximum atomic E-state index is 7.55. The van der Waals surface area contributed by atoms with Gasteiger partial charge in [0, 0.05) is 39.1 Å². The van der Waals surface area contributed by atoms with Crippen LogP contribution in [0, 0.1) is 13.8 Å². The first-order valence-electron chi connectivity index (χ1n) is 23.5. The second kappa shape index (κ2) is 15.8. The summed E-state index contributed by atoms with van der Waals surface area (Å²) in [6.07, 6.45) is 0. The Balaban J connectivity index is 1.26. The topological polar surface area (TPSA) is 19.6 Å². The van der Waals surface area contributed by atoms with Crippen LogP contribution in [0.4, 0.5) is 34.1 Å². The molecule has 0 saturated carbocycles. The predicted molar refractivity (Wildman–Crippen MR) is 285 cm³/mol. The number of anilines is 6. The number of benzene rings is 11. The number of rotatable bonds is 8. The van der Waals surface area contributed by atoms with Crippen molar-refractivity contribution in [3.8, 4) is 11.1 Å². The van der Waals surface area contributed by atoms with E-state index in [2.05, 4.69) is 266 Å². The number of para-hydroxylation sites is 2. The van der Waals surface area contributed by atoms with E-state index >= 15 is 0 Å². The number of hydrogen-bond acceptors (Lipinski definition) is 3. The number of aryl methyl sites for hydroxylation is 2. The minimum absolute atomic E-state index is 0.789. The summed E-state index contributed by atoms with van der Waals surface area (Å²) in [5, 5.41) is 6.81. The van der Waals surface area contributed by atoms with E-state index < -0.39 is 5.41 Å². The zero-order valence-corrected chi connectivity index (χ0v) is 37.9. The molecule has 1 aliphatic carbocycles. The van der Waals surface area contributed by atoms with Crippen LogP contribution in [0.1, 0.15) is 33.4 Å². The lowest BCUT2D eigenvalue weighted by molar-refractivity contribution is 0.669. The summed E-state index contributed by atoms with van der Waals surface area (Å²) in [5.74, 6) is 0. The highest BCUT2D eigenvalue weighted by atomic mass is 16.3. The molecule has 0 amide bonds. The van der Waals surface area contributed by atoms with Crippen molar-refractivity contribution in [3.63, 3.8) is 0 Å². The van der Waals surface area contributed by atoms with Crippen LogP contribution in [0.2, 0.25) is 0 Å². The number of furan rings is 1. The highest BCUT2D eigenvalue weighted by molar-refractivity contribution is 6.24. The fraction of sp³-hybridized carbons (Fsp3) is 0.0462. The molecule has 13 rings (SSSR count). The lowest BCUT2D eigenvalue weighted by atomic mass is 9.67. The first kappa shape index (κ1) is 39.7. The van der Waals surface area contributed by atoms with Crippen LogP contribution in [0.3, 0.4) is 0 Å². The Kier molecular flexibility index (Phi) is 9.19. The molecule has 0 N–H and O–H groups in total. The van der Waals surface area contributed by atoms with Gasteiger partial charge in [0.25, 0.3) is 0 Å². The normalized spacial score (nSPS) is 12.7. The molecule has 0 saturated heterocycles. The molecule has 68 heavy (non-hydrogen) atoms. The Morgan fingerprint density at radius 1 is 0.353 bits per heavy atom. The summed E-state index contributed by atoms with van der Waals surface area (Å²) >= 11 is 0. The quantitative estimate of drug-likeness (QED) is 0.152. The van der Waals surface area contributed by atoms with Crippen molar-refractivity contribution in [2.24, 2.45) is 0 Å². The summed E-state index contributed by atoms with van der Waals surface area (Å²) in [6.45, 7) is 4.35. The van der Waals surface area contributed by atoms with E-state index in [4.69, 9.17) is 4.42 Å². The summed E-state index contributed by atoms with van der Waals surface area (Å²) in [7, 11) is 0. The van der Waals surface area contributed by atoms with Gasteiger partial charge in [0.05, 0.1) is 22.2 Å². The van der Waals surface area contributed by atoms with Gasteiger partial charge < -0.3 is 14.2 Å². The third kappa shape index (κ3) is 6.06. The maximum absolute atomic E-state index is 7.55. The van der Waals surface area contributed by atoms with Gasteiger partial charge in [-0.25, -0.2) is 0 Å². The van der Waals surface area contributed by atoms with Gasteiger partial charge in [-0.15, -0.1) is 0 Å². The molecular weight excluding hydrogens is 825 g/mol. The Labute approximate surface area is 396 Å². The van der Waals surface area contributed by atoms with E-state index in [-0.39, 0.29) is 0 Å². The molecule has 3 heteroatoms. The fourth-order valence-electron chi connectivity index (χ4n) is 11.3. The molecule has 0 bridgehead atoms. The molecule has 1 heterocycles. The van der Waals surface area contributed by atoms with Crippen LogP contribution in [-0.2, 0) is 5.41 Å². The molecule has 0 aliphatic heterocycles. The SMILES string of the molecule is Cc1cccc(N(c2ccccc2)c2cc3c(c4ccccc24)-c2c(cc(N(c4ccccc4)c4cccc(C)c4)c4c2oc2cc5ccccc5cc24)C3(c2ccccc2)c2ccccc2)c1. The van der Waals surface area contributed by atoms with Gasteiger partial charge in [-0.2, -0.15) is 0 Å². The summed E-state index contributed by atoms with van der Waals surface area (Å²) < 4.78 is 7.55. The standard InChI is InChI=1S/C65H46N2O/c1-43-21-19-33-51(37-43)66(49-29-11-5-12-30-49)58-41-56-61(54-36-18-17-35-53(54)58)63-57(65(56,47-25-7-3-8-26-47)48-27-9-4-10-28-48)42-59(67(50-31-13-6-14-32-50)52-34-20-22-44(2)38-52)62-55-39-45-23-15-16-24-46(45)40-60(55)68-64(62)63/h3-42H,1-2H3. The number of nitrogens with zero attached hydrogens (tertiary/aromatic N) is 2. The molecule has 322 valence electrons. The van der Waals surface area contributed by atoms with Crippen LogP contribution >= 0.6 is 0 Å². The molecule has 1 aliphatic rings. The van der Waals surface area contributed by atoms with Gasteiger partial charge in [0.2, 0.25) is 0 Å². The first-order valence-corrected chi connectivity index (χ1v) is 23.5. The summed E-state index contributed by atoms with van der Waals surface area (Å²) in [4.78, 5) is 4.89. The highest BCUT2D eigenvalue weighted by Crippen LogP contribution is 2.63. The largest absolute Gasteiger partial charge is 0.455 e. The molecule has 1 aromatic heterocycles. The molecule has 3 nitrogen and oxygen atoms in total. The molecule has 0 spiro atoms. The van der Waals surface area contributed by atoms with E-state index in [1.165, 1.54) is 49.7 Å². The molecule has 0 fully saturated rings. The Morgan fingerprint density at radius 3 is 1.38 bits per heavy atom. The van der Waals surface area contributed by atoms with Gasteiger partial charge in [-0.1, -0.05) is 170 Å². The minimum Gasteiger partial charge on any atom is -0.455 e. The van der Waals surface area contributed by atoms with E-state index in [0.717, 1.165) is 72.4 Å². The van der Waals surface area contributed by atoms with Gasteiger partial charge in [0.1, 0.15) is 11.2 Å². The van der Waals surface area contributed by atoms with Crippen molar-refractivity contribution in [2.45, 2.75) is 19.3 Å². The van der Waals surface area contributed by atoms with Gasteiger partial charge in [-0.05, 0) is 142 Å². The number of fused-ring (bicyclic) bond motifs is 10. The van der Waals surface area contributed by atoms with Crippen LogP contribution in [-0.4, -0.2) is 0 Å². The molecule has 0 atom stereocenters. The zero-order chi connectivity index (χ0) is 45.3. The minimum atomic E-state index is -0.789. The van der Waals surface area contributed by atoms with Crippen molar-refractivity contribution in [2.75, 3.05) is 9.80 Å². The molecule has 12 aromatic rings. The smallest absolute Gasteiger partial charge is 0.145 e. The lowest BCUT2D eigenvalue weighted by Crippen LogP contribution is -2.29. The molecular formula is C65H46N2O. The van der Waals surface area contributed by atoms with Gasteiger partial charge in [0.15, 0.2) is 0 Å². The van der Waals surface area contributed by atoms with Gasteiger partial charge >= 0.3 is 0 Å². The van der Waals surface area contributed by atoms with Gasteiger partial charge in [-0.3, -0.25) is 0 Å². The average molecular weight is 871 g/mol. The predicted octanol–water partition coefficient (Wildman–Crippen LogP) is 17.8. The molecule has 11 aromatic carbocycles. The second-order valence-corrected chi connectivity index (χ2v) is 18.2. The average Bonchev–Trinajstić information content (AvgIpc) is 3.90. The Hall–Kier alpha value is -8.66.